The second-order valence-corrected chi connectivity index (χ2v) is 5.55. The van der Waals surface area contributed by atoms with Crippen molar-refractivity contribution in [3.63, 3.8) is 0 Å². The molecule has 0 spiro atoms. The van der Waals surface area contributed by atoms with Crippen LogP contribution in [0, 0.1) is 5.82 Å². The summed E-state index contributed by atoms with van der Waals surface area (Å²) in [5.74, 6) is -0.751. The number of amides is 1. The summed E-state index contributed by atoms with van der Waals surface area (Å²) in [4.78, 5) is 32.2. The van der Waals surface area contributed by atoms with E-state index in [0.29, 0.717) is 29.2 Å². The summed E-state index contributed by atoms with van der Waals surface area (Å²) in [5.41, 5.74) is 1.85. The van der Waals surface area contributed by atoms with E-state index in [2.05, 4.69) is 15.3 Å². The van der Waals surface area contributed by atoms with Gasteiger partial charge in [-0.15, -0.1) is 0 Å². The summed E-state index contributed by atoms with van der Waals surface area (Å²) in [6.07, 6.45) is 2.79. The summed E-state index contributed by atoms with van der Waals surface area (Å²) in [6.45, 7) is 2.03. The van der Waals surface area contributed by atoms with Crippen LogP contribution in [0.2, 0.25) is 0 Å². The largest absolute Gasteiger partial charge is 0.462 e. The van der Waals surface area contributed by atoms with Gasteiger partial charge in [-0.2, -0.15) is 0 Å². The molecule has 1 amide bonds. The molecule has 1 N–H and O–H groups in total. The molecule has 0 radical (unpaired) electrons. The second-order valence-electron chi connectivity index (χ2n) is 5.55. The second kappa shape index (κ2) is 8.18. The van der Waals surface area contributed by atoms with E-state index in [1.54, 1.807) is 43.3 Å². The fourth-order valence-electron chi connectivity index (χ4n) is 2.30. The number of ether oxygens (including phenoxy) is 1. The highest BCUT2D eigenvalue weighted by molar-refractivity contribution is 6.04. The monoisotopic (exact) mass is 365 g/mol. The number of anilines is 1. The molecule has 0 unspecified atom stereocenters. The Hall–Kier alpha value is -3.61. The molecule has 7 heteroatoms. The molecule has 0 fully saturated rings. The van der Waals surface area contributed by atoms with Crippen LogP contribution in [0.25, 0.3) is 11.4 Å². The highest BCUT2D eigenvalue weighted by Gasteiger charge is 2.10. The molecule has 0 aliphatic rings. The van der Waals surface area contributed by atoms with Crippen molar-refractivity contribution in [3.05, 3.63) is 77.9 Å². The molecule has 6 nitrogen and oxygen atoms in total. The molecule has 136 valence electrons. The topological polar surface area (TPSA) is 81.2 Å². The van der Waals surface area contributed by atoms with Crippen LogP contribution in [0.1, 0.15) is 27.6 Å². The standard InChI is InChI=1S/C20H16FN3O3/c1-2-27-20(26)14-5-9-17(10-6-14)24-19(25)15-11-22-18(23-12-15)13-3-7-16(21)8-4-13/h3-12H,2H2,1H3,(H,24,25). The third-order valence-electron chi connectivity index (χ3n) is 3.67. The molecule has 0 saturated carbocycles. The number of halogens is 1. The maximum Gasteiger partial charge on any atom is 0.338 e. The van der Waals surface area contributed by atoms with E-state index in [-0.39, 0.29) is 17.3 Å². The number of hydrogen-bond acceptors (Lipinski definition) is 5. The van der Waals surface area contributed by atoms with Crippen molar-refractivity contribution >= 4 is 17.6 Å². The summed E-state index contributed by atoms with van der Waals surface area (Å²) in [5, 5.41) is 2.70. The SMILES string of the molecule is CCOC(=O)c1ccc(NC(=O)c2cnc(-c3ccc(F)cc3)nc2)cc1. The minimum Gasteiger partial charge on any atom is -0.462 e. The van der Waals surface area contributed by atoms with E-state index in [1.165, 1.54) is 24.5 Å². The molecule has 3 rings (SSSR count). The summed E-state index contributed by atoms with van der Waals surface area (Å²) in [6, 6.07) is 12.1. The van der Waals surface area contributed by atoms with Crippen LogP contribution in [-0.4, -0.2) is 28.5 Å². The van der Waals surface area contributed by atoms with Crippen molar-refractivity contribution in [3.8, 4) is 11.4 Å². The van der Waals surface area contributed by atoms with Gasteiger partial charge < -0.3 is 10.1 Å². The average molecular weight is 365 g/mol. The van der Waals surface area contributed by atoms with E-state index < -0.39 is 5.97 Å². The molecule has 3 aromatic rings. The third kappa shape index (κ3) is 4.52. The van der Waals surface area contributed by atoms with Gasteiger partial charge in [0.1, 0.15) is 5.82 Å². The van der Waals surface area contributed by atoms with Crippen molar-refractivity contribution in [2.45, 2.75) is 6.92 Å². The number of benzene rings is 2. The maximum absolute atomic E-state index is 13.0. The van der Waals surface area contributed by atoms with Gasteiger partial charge in [0.05, 0.1) is 17.7 Å². The van der Waals surface area contributed by atoms with Gasteiger partial charge in [0.25, 0.3) is 5.91 Å². The summed E-state index contributed by atoms with van der Waals surface area (Å²) < 4.78 is 17.9. The molecule has 0 saturated heterocycles. The number of carbonyl (C=O) groups is 2. The van der Waals surface area contributed by atoms with E-state index in [1.807, 2.05) is 0 Å². The van der Waals surface area contributed by atoms with Crippen molar-refractivity contribution in [1.82, 2.24) is 9.97 Å². The molecular formula is C20H16FN3O3. The van der Waals surface area contributed by atoms with Crippen LogP contribution in [0.5, 0.6) is 0 Å². The molecular weight excluding hydrogens is 349 g/mol. The number of aromatic nitrogens is 2. The molecule has 0 aliphatic heterocycles. The highest BCUT2D eigenvalue weighted by Crippen LogP contribution is 2.16. The van der Waals surface area contributed by atoms with Gasteiger partial charge in [-0.3, -0.25) is 4.79 Å². The minimum atomic E-state index is -0.417. The van der Waals surface area contributed by atoms with E-state index in [0.717, 1.165) is 0 Å². The van der Waals surface area contributed by atoms with Crippen molar-refractivity contribution in [1.29, 1.82) is 0 Å². The number of rotatable bonds is 5. The Bertz CT molecular complexity index is 940. The van der Waals surface area contributed by atoms with Gasteiger partial charge >= 0.3 is 5.97 Å². The first-order valence-electron chi connectivity index (χ1n) is 8.23. The van der Waals surface area contributed by atoms with Crippen molar-refractivity contribution in [2.24, 2.45) is 0 Å². The average Bonchev–Trinajstić information content (AvgIpc) is 2.69. The van der Waals surface area contributed by atoms with Crippen LogP contribution < -0.4 is 5.32 Å². The Balaban J connectivity index is 1.67. The van der Waals surface area contributed by atoms with E-state index in [4.69, 9.17) is 4.74 Å². The normalized spacial score (nSPS) is 10.3. The van der Waals surface area contributed by atoms with Gasteiger partial charge in [-0.05, 0) is 55.5 Å². The number of nitrogens with one attached hydrogen (secondary N) is 1. The van der Waals surface area contributed by atoms with Crippen LogP contribution in [0.4, 0.5) is 10.1 Å². The molecule has 27 heavy (non-hydrogen) atoms. The fourth-order valence-corrected chi connectivity index (χ4v) is 2.30. The molecule has 0 atom stereocenters. The Morgan fingerprint density at radius 3 is 2.19 bits per heavy atom. The number of nitrogens with zero attached hydrogens (tertiary/aromatic N) is 2. The van der Waals surface area contributed by atoms with Gasteiger partial charge in [0.15, 0.2) is 5.82 Å². The van der Waals surface area contributed by atoms with Crippen LogP contribution in [0.3, 0.4) is 0 Å². The van der Waals surface area contributed by atoms with Crippen LogP contribution >= 0.6 is 0 Å². The lowest BCUT2D eigenvalue weighted by Crippen LogP contribution is -2.13. The molecule has 1 aromatic heterocycles. The first kappa shape index (κ1) is 18.2. The maximum atomic E-state index is 13.0. The quantitative estimate of drug-likeness (QED) is 0.697. The van der Waals surface area contributed by atoms with Crippen LogP contribution in [-0.2, 0) is 4.74 Å². The zero-order valence-electron chi connectivity index (χ0n) is 14.5. The number of esters is 1. The third-order valence-corrected chi connectivity index (χ3v) is 3.67. The predicted molar refractivity (Wildman–Crippen MR) is 97.8 cm³/mol. The Kier molecular flexibility index (Phi) is 5.51. The zero-order valence-corrected chi connectivity index (χ0v) is 14.5. The summed E-state index contributed by atoms with van der Waals surface area (Å²) in [7, 11) is 0. The Labute approximate surface area is 155 Å². The smallest absolute Gasteiger partial charge is 0.338 e. The van der Waals surface area contributed by atoms with E-state index in [9.17, 15) is 14.0 Å². The predicted octanol–water partition coefficient (Wildman–Crippen LogP) is 3.71. The van der Waals surface area contributed by atoms with Gasteiger partial charge in [0, 0.05) is 23.6 Å². The summed E-state index contributed by atoms with van der Waals surface area (Å²) >= 11 is 0. The van der Waals surface area contributed by atoms with Crippen molar-refractivity contribution in [2.75, 3.05) is 11.9 Å². The fraction of sp³-hybridized carbons (Fsp3) is 0.100. The lowest BCUT2D eigenvalue weighted by atomic mass is 10.2. The number of carbonyl (C=O) groups excluding carboxylic acids is 2. The molecule has 1 heterocycles. The molecule has 2 aromatic carbocycles. The molecule has 0 aliphatic carbocycles. The van der Waals surface area contributed by atoms with Gasteiger partial charge in [0.2, 0.25) is 0 Å². The Morgan fingerprint density at radius 1 is 0.963 bits per heavy atom. The van der Waals surface area contributed by atoms with E-state index >= 15 is 0 Å². The van der Waals surface area contributed by atoms with Gasteiger partial charge in [-0.25, -0.2) is 19.2 Å². The first-order valence-corrected chi connectivity index (χ1v) is 8.23. The lowest BCUT2D eigenvalue weighted by molar-refractivity contribution is 0.0526. The van der Waals surface area contributed by atoms with Crippen molar-refractivity contribution < 1.29 is 18.7 Å². The zero-order chi connectivity index (χ0) is 19.2. The highest BCUT2D eigenvalue weighted by atomic mass is 19.1. The first-order chi connectivity index (χ1) is 13.1. The number of hydrogen-bond donors (Lipinski definition) is 1. The Morgan fingerprint density at radius 2 is 1.59 bits per heavy atom. The van der Waals surface area contributed by atoms with Gasteiger partial charge in [-0.1, -0.05) is 0 Å². The lowest BCUT2D eigenvalue weighted by Gasteiger charge is -2.07. The van der Waals surface area contributed by atoms with Crippen LogP contribution in [0.15, 0.2) is 60.9 Å². The minimum absolute atomic E-state index is 0.273. The molecule has 0 bridgehead atoms.